The zero-order chi connectivity index (χ0) is 27.9. The van der Waals surface area contributed by atoms with Crippen LogP contribution in [0, 0.1) is 17.8 Å². The zero-order valence-corrected chi connectivity index (χ0v) is 25.0. The Labute approximate surface area is 229 Å². The van der Waals surface area contributed by atoms with Crippen molar-refractivity contribution in [1.82, 2.24) is 10.6 Å². The van der Waals surface area contributed by atoms with E-state index < -0.39 is 12.3 Å². The predicted octanol–water partition coefficient (Wildman–Crippen LogP) is 4.49. The maximum absolute atomic E-state index is 13.0. The van der Waals surface area contributed by atoms with Gasteiger partial charge in [0.2, 0.25) is 0 Å². The summed E-state index contributed by atoms with van der Waals surface area (Å²) in [5, 5.41) is 7.26. The molecule has 0 aromatic carbocycles. The third kappa shape index (κ3) is 7.92. The van der Waals surface area contributed by atoms with Gasteiger partial charge in [0.05, 0.1) is 19.1 Å². The van der Waals surface area contributed by atoms with Crippen LogP contribution in [-0.4, -0.2) is 65.8 Å². The summed E-state index contributed by atoms with van der Waals surface area (Å²) in [5.41, 5.74) is -0.289. The Hall–Kier alpha value is -1.22. The molecule has 0 radical (unpaired) electrons. The lowest BCUT2D eigenvalue weighted by Crippen LogP contribution is -2.60. The molecular weight excluding hydrogens is 484 g/mol. The summed E-state index contributed by atoms with van der Waals surface area (Å²) >= 11 is 0. The zero-order valence-electron chi connectivity index (χ0n) is 25.0. The second kappa shape index (κ2) is 11.0. The monoisotopic (exact) mass is 536 g/mol. The number of hydrogen-bond acceptors (Lipinski definition) is 8. The highest BCUT2D eigenvalue weighted by Crippen LogP contribution is 2.38. The van der Waals surface area contributed by atoms with Gasteiger partial charge in [-0.2, -0.15) is 0 Å². The topological polar surface area (TPSA) is 95.1 Å². The molecule has 218 valence electrons. The molecule has 3 heterocycles. The van der Waals surface area contributed by atoms with Gasteiger partial charge >= 0.3 is 11.9 Å². The fraction of sp³-hybridized carbons (Fsp3) is 0.933. The molecule has 0 bridgehead atoms. The van der Waals surface area contributed by atoms with Gasteiger partial charge in [-0.05, 0) is 87.0 Å². The van der Waals surface area contributed by atoms with Gasteiger partial charge in [-0.15, -0.1) is 0 Å². The summed E-state index contributed by atoms with van der Waals surface area (Å²) in [6, 6.07) is 0. The van der Waals surface area contributed by atoms with Crippen molar-refractivity contribution in [3.8, 4) is 0 Å². The van der Waals surface area contributed by atoms with Crippen molar-refractivity contribution in [1.29, 1.82) is 0 Å². The Morgan fingerprint density at radius 3 is 1.42 bits per heavy atom. The van der Waals surface area contributed by atoms with Crippen molar-refractivity contribution in [3.05, 3.63) is 0 Å². The minimum absolute atomic E-state index is 0.0287. The first-order chi connectivity index (χ1) is 17.5. The quantitative estimate of drug-likeness (QED) is 0.497. The molecule has 8 nitrogen and oxygen atoms in total. The Bertz CT molecular complexity index is 751. The van der Waals surface area contributed by atoms with Gasteiger partial charge < -0.3 is 29.6 Å². The Morgan fingerprint density at radius 2 is 1.00 bits per heavy atom. The van der Waals surface area contributed by atoms with Crippen LogP contribution in [0.25, 0.3) is 0 Å². The van der Waals surface area contributed by atoms with Gasteiger partial charge in [0.25, 0.3) is 6.29 Å². The molecule has 3 saturated heterocycles. The van der Waals surface area contributed by atoms with E-state index in [-0.39, 0.29) is 52.2 Å². The van der Waals surface area contributed by atoms with Crippen LogP contribution in [0.4, 0.5) is 0 Å². The number of rotatable bonds is 5. The van der Waals surface area contributed by atoms with Crippen LogP contribution in [0.1, 0.15) is 107 Å². The summed E-state index contributed by atoms with van der Waals surface area (Å²) in [6.45, 7) is 18.2. The van der Waals surface area contributed by atoms with E-state index in [0.29, 0.717) is 19.1 Å². The normalized spacial score (nSPS) is 35.3. The maximum Gasteiger partial charge on any atom is 0.363 e. The van der Waals surface area contributed by atoms with E-state index in [9.17, 15) is 9.59 Å². The summed E-state index contributed by atoms with van der Waals surface area (Å²) in [5.74, 6) is 0.180. The molecule has 4 rings (SSSR count). The molecule has 3 aliphatic heterocycles. The molecule has 2 N–H and O–H groups in total. The van der Waals surface area contributed by atoms with Crippen LogP contribution < -0.4 is 10.6 Å². The minimum Gasteiger partial charge on any atom is -0.462 e. The number of ether oxygens (including phenoxy) is 4. The summed E-state index contributed by atoms with van der Waals surface area (Å²) in [7, 11) is 0. The van der Waals surface area contributed by atoms with Crippen molar-refractivity contribution in [2.75, 3.05) is 13.2 Å². The molecule has 4 aliphatic rings. The molecule has 38 heavy (non-hydrogen) atoms. The van der Waals surface area contributed by atoms with E-state index in [2.05, 4.69) is 66.0 Å². The largest absolute Gasteiger partial charge is 0.462 e. The Morgan fingerprint density at radius 1 is 0.605 bits per heavy atom. The van der Waals surface area contributed by atoms with Crippen LogP contribution >= 0.6 is 0 Å². The molecule has 1 aliphatic carbocycles. The Balaban J connectivity index is 1.19. The highest BCUT2D eigenvalue weighted by molar-refractivity contribution is 5.73. The van der Waals surface area contributed by atoms with E-state index in [1.807, 2.05) is 0 Å². The number of nitrogens with one attached hydrogen (secondary N) is 2. The molecule has 4 fully saturated rings. The summed E-state index contributed by atoms with van der Waals surface area (Å²) in [4.78, 5) is 25.8. The molecule has 0 atom stereocenters. The highest BCUT2D eigenvalue weighted by atomic mass is 16.7. The van der Waals surface area contributed by atoms with Gasteiger partial charge in [-0.1, -0.05) is 0 Å². The van der Waals surface area contributed by atoms with Crippen LogP contribution in [0.3, 0.4) is 0 Å². The number of carbonyl (C=O) groups is 2. The molecule has 0 spiro atoms. The number of carbonyl (C=O) groups excluding carboxylic acids is 2. The van der Waals surface area contributed by atoms with Crippen molar-refractivity contribution in [2.24, 2.45) is 17.8 Å². The van der Waals surface area contributed by atoms with E-state index >= 15 is 0 Å². The smallest absolute Gasteiger partial charge is 0.363 e. The van der Waals surface area contributed by atoms with Gasteiger partial charge in [0, 0.05) is 53.8 Å². The maximum atomic E-state index is 13.0. The summed E-state index contributed by atoms with van der Waals surface area (Å²) in [6.07, 6.45) is 5.64. The SMILES string of the molecule is CC1(C)CC(OC(=O)C2CCC(C3COC(C(=O)OC4CC(C)(C)NC(C)(C)C4)OC3)CC2)CC(C)(C)N1. The summed E-state index contributed by atoms with van der Waals surface area (Å²) < 4.78 is 23.6. The number of hydrogen-bond donors (Lipinski definition) is 2. The lowest BCUT2D eigenvalue weighted by molar-refractivity contribution is -0.232. The molecule has 0 aromatic heterocycles. The van der Waals surface area contributed by atoms with Gasteiger partial charge in [-0.3, -0.25) is 4.79 Å². The molecule has 8 heteroatoms. The first kappa shape index (κ1) is 29.8. The first-order valence-electron chi connectivity index (χ1n) is 14.7. The highest BCUT2D eigenvalue weighted by Gasteiger charge is 2.43. The van der Waals surface area contributed by atoms with Crippen molar-refractivity contribution < 1.29 is 28.5 Å². The molecule has 0 amide bonds. The number of esters is 2. The first-order valence-corrected chi connectivity index (χ1v) is 14.7. The van der Waals surface area contributed by atoms with E-state index in [0.717, 1.165) is 51.4 Å². The van der Waals surface area contributed by atoms with E-state index in [1.165, 1.54) is 0 Å². The predicted molar refractivity (Wildman–Crippen MR) is 145 cm³/mol. The van der Waals surface area contributed by atoms with Crippen molar-refractivity contribution in [3.63, 3.8) is 0 Å². The second-order valence-electron chi connectivity index (χ2n) is 15.1. The van der Waals surface area contributed by atoms with Crippen LogP contribution in [0.2, 0.25) is 0 Å². The lowest BCUT2D eigenvalue weighted by Gasteiger charge is -2.46. The second-order valence-corrected chi connectivity index (χ2v) is 15.1. The standard InChI is InChI=1S/C30H52N2O6/c1-27(2)13-22(14-28(3,4)31-27)37-24(33)20-11-9-19(10-12-20)21-17-35-26(36-18-21)25(34)38-23-15-29(5,6)32-30(7,8)16-23/h19-23,26,31-32H,9-18H2,1-8H3. The minimum atomic E-state index is -0.947. The molecule has 1 saturated carbocycles. The van der Waals surface area contributed by atoms with Crippen molar-refractivity contribution in [2.45, 2.75) is 147 Å². The van der Waals surface area contributed by atoms with E-state index in [4.69, 9.17) is 18.9 Å². The molecular formula is C30H52N2O6. The van der Waals surface area contributed by atoms with Crippen LogP contribution in [0.5, 0.6) is 0 Å². The Kier molecular flexibility index (Phi) is 8.60. The number of piperidine rings is 2. The third-order valence-corrected chi connectivity index (χ3v) is 8.76. The average molecular weight is 537 g/mol. The lowest BCUT2D eigenvalue weighted by atomic mass is 9.76. The fourth-order valence-electron chi connectivity index (χ4n) is 7.86. The van der Waals surface area contributed by atoms with Gasteiger partial charge in [0.15, 0.2) is 0 Å². The van der Waals surface area contributed by atoms with Gasteiger partial charge in [-0.25, -0.2) is 4.79 Å². The molecule has 0 aromatic rings. The van der Waals surface area contributed by atoms with Gasteiger partial charge in [0.1, 0.15) is 12.2 Å². The average Bonchev–Trinajstić information content (AvgIpc) is 2.75. The van der Waals surface area contributed by atoms with Crippen LogP contribution in [-0.2, 0) is 28.5 Å². The van der Waals surface area contributed by atoms with E-state index in [1.54, 1.807) is 0 Å². The van der Waals surface area contributed by atoms with Crippen molar-refractivity contribution >= 4 is 11.9 Å². The fourth-order valence-corrected chi connectivity index (χ4v) is 7.86. The van der Waals surface area contributed by atoms with Crippen LogP contribution in [0.15, 0.2) is 0 Å². The third-order valence-electron chi connectivity index (χ3n) is 8.76. The molecule has 0 unspecified atom stereocenters.